The Bertz CT molecular complexity index is 101. The first-order chi connectivity index (χ1) is 4.05. The molecule has 54 valence electrons. The Hall–Kier alpha value is -0.110. The van der Waals surface area contributed by atoms with Gasteiger partial charge in [-0.1, -0.05) is 0 Å². The van der Waals surface area contributed by atoms with Crippen molar-refractivity contribution in [2.45, 2.75) is 38.4 Å². The fourth-order valence-corrected chi connectivity index (χ4v) is 1.02. The molecule has 1 nitrogen and oxygen atoms in total. The van der Waals surface area contributed by atoms with Gasteiger partial charge in [0.25, 0.3) is 0 Å². The maximum Gasteiger partial charge on any atom is 0.125 e. The first kappa shape index (κ1) is 7.00. The molecule has 0 aromatic carbocycles. The fourth-order valence-electron chi connectivity index (χ4n) is 1.02. The topological polar surface area (TPSA) is 26.0 Å². The minimum atomic E-state index is -1.11. The molecule has 1 aliphatic carbocycles. The van der Waals surface area contributed by atoms with Gasteiger partial charge < -0.3 is 5.73 Å². The highest BCUT2D eigenvalue weighted by atomic mass is 19.1. The molecule has 2 heteroatoms. The van der Waals surface area contributed by atoms with Crippen LogP contribution in [0, 0.1) is 5.92 Å². The second kappa shape index (κ2) is 1.94. The quantitative estimate of drug-likeness (QED) is 0.603. The highest BCUT2D eigenvalue weighted by Crippen LogP contribution is 2.43. The number of hydrogen-bond donors (Lipinski definition) is 1. The smallest absolute Gasteiger partial charge is 0.125 e. The average molecular weight is 131 g/mol. The minimum absolute atomic E-state index is 0.248. The van der Waals surface area contributed by atoms with Crippen molar-refractivity contribution in [3.05, 3.63) is 0 Å². The molecule has 1 fully saturated rings. The van der Waals surface area contributed by atoms with E-state index in [2.05, 4.69) is 0 Å². The van der Waals surface area contributed by atoms with Gasteiger partial charge >= 0.3 is 0 Å². The van der Waals surface area contributed by atoms with Crippen molar-refractivity contribution in [3.63, 3.8) is 0 Å². The zero-order valence-corrected chi connectivity index (χ0v) is 6.02. The summed E-state index contributed by atoms with van der Waals surface area (Å²) in [5, 5.41) is 0. The largest absolute Gasteiger partial charge is 0.325 e. The molecule has 0 amide bonds. The second-order valence-corrected chi connectivity index (χ2v) is 3.21. The van der Waals surface area contributed by atoms with Crippen LogP contribution in [0.1, 0.15) is 26.7 Å². The number of nitrogens with two attached hydrogens (primary N) is 1. The Labute approximate surface area is 55.4 Å². The fraction of sp³-hybridized carbons (Fsp3) is 1.00. The van der Waals surface area contributed by atoms with E-state index in [0.29, 0.717) is 0 Å². The van der Waals surface area contributed by atoms with E-state index < -0.39 is 5.67 Å². The normalized spacial score (nSPS) is 29.3. The van der Waals surface area contributed by atoms with E-state index >= 15 is 0 Å². The molecule has 0 aromatic rings. The summed E-state index contributed by atoms with van der Waals surface area (Å²) in [6.07, 6.45) is 2.04. The van der Waals surface area contributed by atoms with Crippen LogP contribution in [0.15, 0.2) is 0 Å². The molecule has 0 radical (unpaired) electrons. The Kier molecular flexibility index (Phi) is 1.51. The van der Waals surface area contributed by atoms with Crippen LogP contribution in [0.5, 0.6) is 0 Å². The lowest BCUT2D eigenvalue weighted by molar-refractivity contribution is 0.127. The molecule has 1 saturated carbocycles. The summed E-state index contributed by atoms with van der Waals surface area (Å²) < 4.78 is 13.3. The van der Waals surface area contributed by atoms with Crippen molar-refractivity contribution in [3.8, 4) is 0 Å². The summed E-state index contributed by atoms with van der Waals surface area (Å²) in [6, 6.07) is -0.315. The molecule has 0 aliphatic heterocycles. The third-order valence-corrected chi connectivity index (χ3v) is 2.27. The standard InChI is InChI=1S/C7H14FN/c1-5(9)7(2,8)6-3-4-6/h5-6H,3-4,9H2,1-2H3. The summed E-state index contributed by atoms with van der Waals surface area (Å²) in [5.74, 6) is 0.248. The highest BCUT2D eigenvalue weighted by Gasteiger charge is 2.44. The van der Waals surface area contributed by atoms with Crippen molar-refractivity contribution in [2.24, 2.45) is 11.7 Å². The Balaban J connectivity index is 2.48. The molecule has 0 aromatic heterocycles. The van der Waals surface area contributed by atoms with Crippen LogP contribution in [0.25, 0.3) is 0 Å². The van der Waals surface area contributed by atoms with Crippen LogP contribution in [0.4, 0.5) is 4.39 Å². The van der Waals surface area contributed by atoms with E-state index in [9.17, 15) is 4.39 Å². The maximum absolute atomic E-state index is 13.3. The lowest BCUT2D eigenvalue weighted by Crippen LogP contribution is -2.41. The molecule has 1 rings (SSSR count). The molecule has 2 N–H and O–H groups in total. The van der Waals surface area contributed by atoms with Gasteiger partial charge in [-0.3, -0.25) is 0 Å². The summed E-state index contributed by atoms with van der Waals surface area (Å²) in [6.45, 7) is 3.34. The molecule has 2 unspecified atom stereocenters. The number of rotatable bonds is 2. The molecular weight excluding hydrogens is 117 g/mol. The number of halogens is 1. The lowest BCUT2D eigenvalue weighted by atomic mass is 9.95. The molecule has 9 heavy (non-hydrogen) atoms. The number of alkyl halides is 1. The van der Waals surface area contributed by atoms with Crippen molar-refractivity contribution in [1.29, 1.82) is 0 Å². The van der Waals surface area contributed by atoms with E-state index in [1.54, 1.807) is 13.8 Å². The van der Waals surface area contributed by atoms with Crippen LogP contribution in [-0.4, -0.2) is 11.7 Å². The van der Waals surface area contributed by atoms with E-state index in [-0.39, 0.29) is 12.0 Å². The number of hydrogen-bond acceptors (Lipinski definition) is 1. The third-order valence-electron chi connectivity index (χ3n) is 2.27. The van der Waals surface area contributed by atoms with Gasteiger partial charge in [-0.2, -0.15) is 0 Å². The molecule has 2 atom stereocenters. The van der Waals surface area contributed by atoms with Crippen LogP contribution in [-0.2, 0) is 0 Å². The first-order valence-corrected chi connectivity index (χ1v) is 3.49. The Morgan fingerprint density at radius 2 is 2.11 bits per heavy atom. The van der Waals surface area contributed by atoms with Crippen molar-refractivity contribution in [2.75, 3.05) is 0 Å². The SMILES string of the molecule is CC(N)C(C)(F)C1CC1. The Morgan fingerprint density at radius 3 is 2.22 bits per heavy atom. The van der Waals surface area contributed by atoms with E-state index in [0.717, 1.165) is 12.8 Å². The van der Waals surface area contributed by atoms with Crippen LogP contribution < -0.4 is 5.73 Å². The average Bonchev–Trinajstić information content (AvgIpc) is 2.42. The second-order valence-electron chi connectivity index (χ2n) is 3.21. The predicted octanol–water partition coefficient (Wildman–Crippen LogP) is 1.47. The van der Waals surface area contributed by atoms with Gasteiger partial charge in [0.1, 0.15) is 5.67 Å². The zero-order chi connectivity index (χ0) is 7.07. The van der Waals surface area contributed by atoms with Crippen molar-refractivity contribution >= 4 is 0 Å². The van der Waals surface area contributed by atoms with Gasteiger partial charge in [0.05, 0.1) is 0 Å². The molecule has 0 heterocycles. The summed E-state index contributed by atoms with van der Waals surface area (Å²) in [7, 11) is 0. The van der Waals surface area contributed by atoms with Gasteiger partial charge in [-0.25, -0.2) is 4.39 Å². The molecule has 0 saturated heterocycles. The highest BCUT2D eigenvalue weighted by molar-refractivity contribution is 4.96. The van der Waals surface area contributed by atoms with E-state index in [1.807, 2.05) is 0 Å². The zero-order valence-electron chi connectivity index (χ0n) is 6.02. The van der Waals surface area contributed by atoms with Crippen molar-refractivity contribution in [1.82, 2.24) is 0 Å². The monoisotopic (exact) mass is 131 g/mol. The molecule has 0 bridgehead atoms. The van der Waals surface area contributed by atoms with Gasteiger partial charge in [0, 0.05) is 6.04 Å². The summed E-state index contributed by atoms with van der Waals surface area (Å²) in [5.41, 5.74) is 4.33. The summed E-state index contributed by atoms with van der Waals surface area (Å²) >= 11 is 0. The summed E-state index contributed by atoms with van der Waals surface area (Å²) in [4.78, 5) is 0. The van der Waals surface area contributed by atoms with Crippen LogP contribution in [0.2, 0.25) is 0 Å². The third kappa shape index (κ3) is 1.23. The van der Waals surface area contributed by atoms with Gasteiger partial charge in [0.2, 0.25) is 0 Å². The van der Waals surface area contributed by atoms with Gasteiger partial charge in [-0.15, -0.1) is 0 Å². The molecule has 1 aliphatic rings. The maximum atomic E-state index is 13.3. The van der Waals surface area contributed by atoms with E-state index in [1.165, 1.54) is 0 Å². The molecular formula is C7H14FN. The van der Waals surface area contributed by atoms with Gasteiger partial charge in [0.15, 0.2) is 0 Å². The molecule has 0 spiro atoms. The van der Waals surface area contributed by atoms with E-state index in [4.69, 9.17) is 5.73 Å². The van der Waals surface area contributed by atoms with Crippen molar-refractivity contribution < 1.29 is 4.39 Å². The van der Waals surface area contributed by atoms with Crippen LogP contribution >= 0.6 is 0 Å². The minimum Gasteiger partial charge on any atom is -0.325 e. The Morgan fingerprint density at radius 1 is 1.67 bits per heavy atom. The van der Waals surface area contributed by atoms with Crippen LogP contribution in [0.3, 0.4) is 0 Å². The first-order valence-electron chi connectivity index (χ1n) is 3.49. The predicted molar refractivity (Wildman–Crippen MR) is 35.9 cm³/mol. The van der Waals surface area contributed by atoms with Gasteiger partial charge in [-0.05, 0) is 32.6 Å². The lowest BCUT2D eigenvalue weighted by Gasteiger charge is -2.23.